The third kappa shape index (κ3) is 5.23. The summed E-state index contributed by atoms with van der Waals surface area (Å²) in [5.74, 6) is 0.871. The molecular weight excluding hydrogens is 310 g/mol. The number of benzene rings is 1. The Morgan fingerprint density at radius 3 is 2.39 bits per heavy atom. The topological polar surface area (TPSA) is 47.6 Å². The lowest BCUT2D eigenvalue weighted by atomic mass is 10.2. The summed E-state index contributed by atoms with van der Waals surface area (Å²) in [4.78, 5) is 12.7. The number of carbonyl (C=O) groups is 1. The Bertz CT molecular complexity index is 495. The van der Waals surface area contributed by atoms with Crippen molar-refractivity contribution in [2.45, 2.75) is 64.3 Å². The summed E-state index contributed by atoms with van der Waals surface area (Å²) >= 11 is 1.62. The molecule has 23 heavy (non-hydrogen) atoms. The molecule has 0 bridgehead atoms. The van der Waals surface area contributed by atoms with Gasteiger partial charge in [0.2, 0.25) is 5.91 Å². The third-order valence-corrected chi connectivity index (χ3v) is 5.30. The van der Waals surface area contributed by atoms with E-state index < -0.39 is 6.29 Å². The molecule has 0 radical (unpaired) electrons. The van der Waals surface area contributed by atoms with Gasteiger partial charge in [0.05, 0.1) is 12.2 Å². The van der Waals surface area contributed by atoms with Crippen molar-refractivity contribution in [3.63, 3.8) is 0 Å². The van der Waals surface area contributed by atoms with E-state index in [0.717, 1.165) is 24.3 Å². The number of anilines is 1. The molecule has 4 nitrogen and oxygen atoms in total. The number of ether oxygens (including phenoxy) is 2. The summed E-state index contributed by atoms with van der Waals surface area (Å²) in [6, 6.07) is 7.81. The van der Waals surface area contributed by atoms with Gasteiger partial charge in [0.15, 0.2) is 6.29 Å². The normalized spacial score (nSPS) is 23.0. The SMILES string of the molecule is CCCCSC(C(=O)Nc1ccc(C)cc1)C1O[C@H](C)[C@@H](C)O1. The average molecular weight is 337 g/mol. The zero-order chi connectivity index (χ0) is 16.8. The van der Waals surface area contributed by atoms with Gasteiger partial charge in [-0.05, 0) is 45.1 Å². The number of nitrogens with one attached hydrogen (secondary N) is 1. The van der Waals surface area contributed by atoms with Crippen molar-refractivity contribution in [2.75, 3.05) is 11.1 Å². The maximum Gasteiger partial charge on any atom is 0.242 e. The number of hydrogen-bond donors (Lipinski definition) is 1. The van der Waals surface area contributed by atoms with Crippen LogP contribution < -0.4 is 5.32 Å². The van der Waals surface area contributed by atoms with Crippen LogP contribution in [0, 0.1) is 6.92 Å². The molecule has 1 heterocycles. The van der Waals surface area contributed by atoms with Crippen LogP contribution in [-0.2, 0) is 14.3 Å². The van der Waals surface area contributed by atoms with Gasteiger partial charge in [-0.25, -0.2) is 0 Å². The van der Waals surface area contributed by atoms with Crippen LogP contribution in [-0.4, -0.2) is 35.4 Å². The predicted octanol–water partition coefficient (Wildman–Crippen LogP) is 3.99. The lowest BCUT2D eigenvalue weighted by molar-refractivity contribution is -0.125. The van der Waals surface area contributed by atoms with E-state index in [-0.39, 0.29) is 23.4 Å². The first-order valence-electron chi connectivity index (χ1n) is 8.31. The van der Waals surface area contributed by atoms with Crippen LogP contribution in [0.25, 0.3) is 0 Å². The largest absolute Gasteiger partial charge is 0.345 e. The minimum atomic E-state index is -0.479. The first-order chi connectivity index (χ1) is 11.0. The minimum Gasteiger partial charge on any atom is -0.345 e. The number of carbonyl (C=O) groups excluding carboxylic acids is 1. The van der Waals surface area contributed by atoms with Gasteiger partial charge >= 0.3 is 0 Å². The molecule has 5 heteroatoms. The Morgan fingerprint density at radius 1 is 1.22 bits per heavy atom. The summed E-state index contributed by atoms with van der Waals surface area (Å²) in [5.41, 5.74) is 1.97. The van der Waals surface area contributed by atoms with Gasteiger partial charge < -0.3 is 14.8 Å². The Balaban J connectivity index is 2.02. The van der Waals surface area contributed by atoms with Crippen LogP contribution in [0.1, 0.15) is 39.2 Å². The molecule has 0 aromatic heterocycles. The Kier molecular flexibility index (Phi) is 6.93. The molecule has 1 saturated heterocycles. The highest BCUT2D eigenvalue weighted by atomic mass is 32.2. The Morgan fingerprint density at radius 2 is 1.83 bits per heavy atom. The van der Waals surface area contributed by atoms with Gasteiger partial charge in [0.25, 0.3) is 0 Å². The summed E-state index contributed by atoms with van der Waals surface area (Å²) < 4.78 is 11.7. The highest BCUT2D eigenvalue weighted by Gasteiger charge is 2.39. The first kappa shape index (κ1) is 18.3. The molecule has 1 amide bonds. The molecular formula is C18H27NO3S. The number of unbranched alkanes of at least 4 members (excludes halogenated alkanes) is 1. The van der Waals surface area contributed by atoms with Gasteiger partial charge in [0.1, 0.15) is 5.25 Å². The molecule has 0 saturated carbocycles. The second-order valence-corrected chi connectivity index (χ2v) is 7.30. The van der Waals surface area contributed by atoms with Crippen molar-refractivity contribution in [3.05, 3.63) is 29.8 Å². The molecule has 1 aliphatic heterocycles. The zero-order valence-corrected chi connectivity index (χ0v) is 15.2. The summed E-state index contributed by atoms with van der Waals surface area (Å²) in [7, 11) is 0. The lowest BCUT2D eigenvalue weighted by Gasteiger charge is -2.21. The van der Waals surface area contributed by atoms with Crippen molar-refractivity contribution < 1.29 is 14.3 Å². The van der Waals surface area contributed by atoms with Crippen LogP contribution in [0.5, 0.6) is 0 Å². The summed E-state index contributed by atoms with van der Waals surface area (Å²) in [6.07, 6.45) is 1.74. The van der Waals surface area contributed by atoms with Crippen molar-refractivity contribution in [3.8, 4) is 0 Å². The molecule has 1 aromatic rings. The van der Waals surface area contributed by atoms with Gasteiger partial charge in [-0.2, -0.15) is 0 Å². The van der Waals surface area contributed by atoms with Crippen molar-refractivity contribution in [1.29, 1.82) is 0 Å². The van der Waals surface area contributed by atoms with Crippen LogP contribution >= 0.6 is 11.8 Å². The average Bonchev–Trinajstić information content (AvgIpc) is 2.85. The van der Waals surface area contributed by atoms with Crippen LogP contribution in [0.15, 0.2) is 24.3 Å². The predicted molar refractivity (Wildman–Crippen MR) is 95.8 cm³/mol. The Labute approximate surface area is 143 Å². The first-order valence-corrected chi connectivity index (χ1v) is 9.36. The molecule has 1 fully saturated rings. The molecule has 128 valence electrons. The van der Waals surface area contributed by atoms with Gasteiger partial charge in [-0.1, -0.05) is 31.0 Å². The smallest absolute Gasteiger partial charge is 0.242 e. The fourth-order valence-corrected chi connectivity index (χ4v) is 3.51. The molecule has 3 atom stereocenters. The number of aryl methyl sites for hydroxylation is 1. The number of rotatable bonds is 7. The number of thioether (sulfide) groups is 1. The lowest BCUT2D eigenvalue weighted by Crippen LogP contribution is -2.37. The van der Waals surface area contributed by atoms with Crippen LogP contribution in [0.2, 0.25) is 0 Å². The molecule has 2 rings (SSSR count). The summed E-state index contributed by atoms with van der Waals surface area (Å²) in [6.45, 7) is 8.14. The van der Waals surface area contributed by atoms with E-state index >= 15 is 0 Å². The van der Waals surface area contributed by atoms with E-state index in [4.69, 9.17) is 9.47 Å². The minimum absolute atomic E-state index is 0.0152. The van der Waals surface area contributed by atoms with Gasteiger partial charge in [-0.3, -0.25) is 4.79 Å². The quantitative estimate of drug-likeness (QED) is 0.764. The van der Waals surface area contributed by atoms with E-state index in [1.807, 2.05) is 45.0 Å². The Hall–Kier alpha value is -1.04. The molecule has 1 aromatic carbocycles. The van der Waals surface area contributed by atoms with Crippen LogP contribution in [0.3, 0.4) is 0 Å². The van der Waals surface area contributed by atoms with Crippen LogP contribution in [0.4, 0.5) is 5.69 Å². The molecule has 1 unspecified atom stereocenters. The highest BCUT2D eigenvalue weighted by molar-refractivity contribution is 8.00. The second kappa shape index (κ2) is 8.71. The maximum atomic E-state index is 12.7. The summed E-state index contributed by atoms with van der Waals surface area (Å²) in [5, 5.41) is 2.63. The van der Waals surface area contributed by atoms with Gasteiger partial charge in [0, 0.05) is 5.69 Å². The fraction of sp³-hybridized carbons (Fsp3) is 0.611. The van der Waals surface area contributed by atoms with E-state index in [2.05, 4.69) is 12.2 Å². The van der Waals surface area contributed by atoms with E-state index in [0.29, 0.717) is 0 Å². The fourth-order valence-electron chi connectivity index (χ4n) is 2.30. The molecule has 0 spiro atoms. The molecule has 1 N–H and O–H groups in total. The monoisotopic (exact) mass is 337 g/mol. The standard InChI is InChI=1S/C18H27NO3S/c1-5-6-11-23-16(18-21-13(3)14(4)22-18)17(20)19-15-9-7-12(2)8-10-15/h7-10,13-14,16,18H,5-6,11H2,1-4H3,(H,19,20)/t13-,14-,16?/m1/s1. The molecule has 1 aliphatic rings. The van der Waals surface area contributed by atoms with E-state index in [9.17, 15) is 4.79 Å². The van der Waals surface area contributed by atoms with E-state index in [1.54, 1.807) is 11.8 Å². The highest BCUT2D eigenvalue weighted by Crippen LogP contribution is 2.29. The zero-order valence-electron chi connectivity index (χ0n) is 14.4. The van der Waals surface area contributed by atoms with Crippen molar-refractivity contribution in [1.82, 2.24) is 0 Å². The number of amides is 1. The van der Waals surface area contributed by atoms with Gasteiger partial charge in [-0.15, -0.1) is 11.8 Å². The van der Waals surface area contributed by atoms with Crippen molar-refractivity contribution in [2.24, 2.45) is 0 Å². The van der Waals surface area contributed by atoms with E-state index in [1.165, 1.54) is 5.56 Å². The maximum absolute atomic E-state index is 12.7. The van der Waals surface area contributed by atoms with Crippen molar-refractivity contribution >= 4 is 23.4 Å². The second-order valence-electron chi connectivity index (χ2n) is 6.05. The third-order valence-electron chi connectivity index (χ3n) is 3.98. The molecule has 0 aliphatic carbocycles. The number of hydrogen-bond acceptors (Lipinski definition) is 4.